The average molecular weight is 234 g/mol. The third-order valence-electron chi connectivity index (χ3n) is 2.97. The van der Waals surface area contributed by atoms with Crippen molar-refractivity contribution in [3.05, 3.63) is 34.9 Å². The van der Waals surface area contributed by atoms with Crippen molar-refractivity contribution in [2.45, 2.75) is 40.0 Å². The summed E-state index contributed by atoms with van der Waals surface area (Å²) in [6, 6.07) is 6.17. The Kier molecular flexibility index (Phi) is 5.92. The zero-order valence-corrected chi connectivity index (χ0v) is 11.1. The normalized spacial score (nSPS) is 10.5. The van der Waals surface area contributed by atoms with Crippen molar-refractivity contribution in [2.75, 3.05) is 13.2 Å². The van der Waals surface area contributed by atoms with Gasteiger partial charge >= 0.3 is 0 Å². The molecule has 0 N–H and O–H groups in total. The van der Waals surface area contributed by atoms with Gasteiger partial charge in [0.1, 0.15) is 5.78 Å². The Labute approximate surface area is 104 Å². The third-order valence-corrected chi connectivity index (χ3v) is 2.97. The van der Waals surface area contributed by atoms with E-state index in [4.69, 9.17) is 4.74 Å². The van der Waals surface area contributed by atoms with Crippen molar-refractivity contribution in [2.24, 2.45) is 0 Å². The van der Waals surface area contributed by atoms with E-state index in [1.54, 1.807) is 0 Å². The molecule has 1 rings (SSSR count). The molecular formula is C15H22O2. The lowest BCUT2D eigenvalue weighted by Crippen LogP contribution is -2.07. The van der Waals surface area contributed by atoms with Crippen LogP contribution in [0.3, 0.4) is 0 Å². The van der Waals surface area contributed by atoms with Crippen LogP contribution in [-0.4, -0.2) is 19.0 Å². The Bertz CT molecular complexity index is 349. The number of Topliss-reactive ketones (excluding diaryl/α,β-unsaturated/α-hetero) is 1. The topological polar surface area (TPSA) is 26.3 Å². The van der Waals surface area contributed by atoms with E-state index in [1.165, 1.54) is 16.7 Å². The summed E-state index contributed by atoms with van der Waals surface area (Å²) >= 11 is 0. The number of aryl methyl sites for hydroxylation is 2. The molecule has 0 bridgehead atoms. The average Bonchev–Trinajstić information content (AvgIpc) is 2.30. The smallest absolute Gasteiger partial charge is 0.137 e. The Hall–Kier alpha value is -1.15. The minimum atomic E-state index is 0.308. The number of ether oxygens (including phenoxy) is 1. The number of hydrogen-bond donors (Lipinski definition) is 0. The van der Waals surface area contributed by atoms with Crippen LogP contribution in [-0.2, 0) is 16.0 Å². The van der Waals surface area contributed by atoms with E-state index in [0.29, 0.717) is 25.2 Å². The molecule has 0 aromatic heterocycles. The van der Waals surface area contributed by atoms with Crippen molar-refractivity contribution < 1.29 is 9.53 Å². The van der Waals surface area contributed by atoms with Gasteiger partial charge in [-0.05, 0) is 43.9 Å². The lowest BCUT2D eigenvalue weighted by atomic mass is 9.97. The molecule has 0 radical (unpaired) electrons. The summed E-state index contributed by atoms with van der Waals surface area (Å²) in [5, 5.41) is 0. The van der Waals surface area contributed by atoms with Crippen molar-refractivity contribution in [1.29, 1.82) is 0 Å². The van der Waals surface area contributed by atoms with Gasteiger partial charge in [0.05, 0.1) is 0 Å². The Morgan fingerprint density at radius 1 is 1.24 bits per heavy atom. The quantitative estimate of drug-likeness (QED) is 0.677. The second kappa shape index (κ2) is 7.23. The number of carbonyl (C=O) groups is 1. The lowest BCUT2D eigenvalue weighted by Gasteiger charge is -2.08. The lowest BCUT2D eigenvalue weighted by molar-refractivity contribution is -0.118. The molecule has 2 heteroatoms. The van der Waals surface area contributed by atoms with Gasteiger partial charge in [-0.3, -0.25) is 4.79 Å². The Balaban J connectivity index is 2.45. The van der Waals surface area contributed by atoms with E-state index in [-0.39, 0.29) is 0 Å². The van der Waals surface area contributed by atoms with Crippen LogP contribution >= 0.6 is 0 Å². The molecule has 0 atom stereocenters. The number of benzene rings is 1. The van der Waals surface area contributed by atoms with Crippen molar-refractivity contribution >= 4 is 5.78 Å². The van der Waals surface area contributed by atoms with E-state index in [9.17, 15) is 4.79 Å². The molecule has 0 saturated carbocycles. The van der Waals surface area contributed by atoms with Gasteiger partial charge in [0.25, 0.3) is 0 Å². The third kappa shape index (κ3) is 4.70. The molecule has 0 aliphatic rings. The molecule has 0 saturated heterocycles. The summed E-state index contributed by atoms with van der Waals surface area (Å²) in [7, 11) is 0. The summed E-state index contributed by atoms with van der Waals surface area (Å²) in [5.74, 6) is 0.308. The summed E-state index contributed by atoms with van der Waals surface area (Å²) in [5.41, 5.74) is 3.61. The predicted molar refractivity (Wildman–Crippen MR) is 70.4 cm³/mol. The number of ketones is 1. The highest BCUT2D eigenvalue weighted by Crippen LogP contribution is 2.15. The molecule has 0 aliphatic heterocycles. The van der Waals surface area contributed by atoms with E-state index >= 15 is 0 Å². The first-order valence-corrected chi connectivity index (χ1v) is 6.29. The molecule has 0 fully saturated rings. The molecule has 0 aliphatic carbocycles. The van der Waals surface area contributed by atoms with Gasteiger partial charge in [-0.15, -0.1) is 0 Å². The molecule has 2 nitrogen and oxygen atoms in total. The standard InChI is InChI=1S/C15H22O2/c1-4-17-10-6-9-14(16)11-15-12(2)7-5-8-13(15)3/h5,7-8H,4,6,9-11H2,1-3H3. The van der Waals surface area contributed by atoms with Crippen LogP contribution in [0, 0.1) is 13.8 Å². The summed E-state index contributed by atoms with van der Waals surface area (Å²) in [6.45, 7) is 7.52. The molecule has 0 unspecified atom stereocenters. The number of carbonyl (C=O) groups excluding carboxylic acids is 1. The monoisotopic (exact) mass is 234 g/mol. The van der Waals surface area contributed by atoms with Crippen molar-refractivity contribution in [3.8, 4) is 0 Å². The second-order valence-corrected chi connectivity index (χ2v) is 4.39. The minimum Gasteiger partial charge on any atom is -0.382 e. The fourth-order valence-electron chi connectivity index (χ4n) is 1.93. The molecular weight excluding hydrogens is 212 g/mol. The maximum absolute atomic E-state index is 11.8. The Morgan fingerprint density at radius 2 is 1.88 bits per heavy atom. The fraction of sp³-hybridized carbons (Fsp3) is 0.533. The fourth-order valence-corrected chi connectivity index (χ4v) is 1.93. The number of rotatable bonds is 7. The van der Waals surface area contributed by atoms with Gasteiger partial charge in [-0.1, -0.05) is 18.2 Å². The highest BCUT2D eigenvalue weighted by molar-refractivity contribution is 5.81. The molecule has 0 spiro atoms. The second-order valence-electron chi connectivity index (χ2n) is 4.39. The van der Waals surface area contributed by atoms with Gasteiger partial charge in [0, 0.05) is 26.1 Å². The zero-order chi connectivity index (χ0) is 12.7. The molecule has 0 amide bonds. The SMILES string of the molecule is CCOCCCC(=O)Cc1c(C)cccc1C. The van der Waals surface area contributed by atoms with Crippen LogP contribution in [0.15, 0.2) is 18.2 Å². The first-order chi connectivity index (χ1) is 8.15. The Morgan fingerprint density at radius 3 is 2.47 bits per heavy atom. The molecule has 17 heavy (non-hydrogen) atoms. The largest absolute Gasteiger partial charge is 0.382 e. The summed E-state index contributed by atoms with van der Waals surface area (Å²) in [6.07, 6.45) is 2.01. The van der Waals surface area contributed by atoms with Crippen LogP contribution < -0.4 is 0 Å². The maximum atomic E-state index is 11.8. The van der Waals surface area contributed by atoms with Gasteiger partial charge < -0.3 is 4.74 Å². The highest BCUT2D eigenvalue weighted by atomic mass is 16.5. The first kappa shape index (κ1) is 13.9. The van der Waals surface area contributed by atoms with Crippen LogP contribution in [0.2, 0.25) is 0 Å². The van der Waals surface area contributed by atoms with E-state index in [0.717, 1.165) is 13.0 Å². The summed E-state index contributed by atoms with van der Waals surface area (Å²) < 4.78 is 5.23. The van der Waals surface area contributed by atoms with Gasteiger partial charge in [-0.25, -0.2) is 0 Å². The van der Waals surface area contributed by atoms with Gasteiger partial charge in [0.2, 0.25) is 0 Å². The zero-order valence-electron chi connectivity index (χ0n) is 11.1. The molecule has 94 valence electrons. The molecule has 0 heterocycles. The van der Waals surface area contributed by atoms with Crippen molar-refractivity contribution in [1.82, 2.24) is 0 Å². The number of hydrogen-bond acceptors (Lipinski definition) is 2. The van der Waals surface area contributed by atoms with E-state index < -0.39 is 0 Å². The maximum Gasteiger partial charge on any atom is 0.137 e. The van der Waals surface area contributed by atoms with Crippen molar-refractivity contribution in [3.63, 3.8) is 0 Å². The summed E-state index contributed by atoms with van der Waals surface area (Å²) in [4.78, 5) is 11.8. The van der Waals surface area contributed by atoms with Crippen LogP contribution in [0.4, 0.5) is 0 Å². The first-order valence-electron chi connectivity index (χ1n) is 6.29. The van der Waals surface area contributed by atoms with Crippen LogP contribution in [0.5, 0.6) is 0 Å². The van der Waals surface area contributed by atoms with Gasteiger partial charge in [0.15, 0.2) is 0 Å². The van der Waals surface area contributed by atoms with E-state index in [1.807, 2.05) is 13.0 Å². The van der Waals surface area contributed by atoms with Crippen LogP contribution in [0.1, 0.15) is 36.5 Å². The van der Waals surface area contributed by atoms with Gasteiger partial charge in [-0.2, -0.15) is 0 Å². The minimum absolute atomic E-state index is 0.308. The highest BCUT2D eigenvalue weighted by Gasteiger charge is 2.08. The van der Waals surface area contributed by atoms with E-state index in [2.05, 4.69) is 26.0 Å². The molecule has 1 aromatic rings. The van der Waals surface area contributed by atoms with Crippen LogP contribution in [0.25, 0.3) is 0 Å². The molecule has 1 aromatic carbocycles. The predicted octanol–water partition coefficient (Wildman–Crippen LogP) is 3.23.